The lowest BCUT2D eigenvalue weighted by Crippen LogP contribution is -2.30. The van der Waals surface area contributed by atoms with Crippen LogP contribution in [0.25, 0.3) is 0 Å². The largest absolute Gasteiger partial charge is 0.494 e. The van der Waals surface area contributed by atoms with Crippen LogP contribution in [0.4, 0.5) is 0 Å². The highest BCUT2D eigenvalue weighted by molar-refractivity contribution is 5.29. The minimum Gasteiger partial charge on any atom is -0.494 e. The summed E-state index contributed by atoms with van der Waals surface area (Å²) in [6.07, 6.45) is -0.0271. The van der Waals surface area contributed by atoms with Gasteiger partial charge in [-0.15, -0.1) is 0 Å². The molecule has 106 valence electrons. The van der Waals surface area contributed by atoms with E-state index in [-0.39, 0.29) is 6.04 Å². The second-order valence-electron chi connectivity index (χ2n) is 4.80. The van der Waals surface area contributed by atoms with Crippen LogP contribution in [0.2, 0.25) is 0 Å². The number of aliphatic hydroxyl groups excluding tert-OH is 1. The Morgan fingerprint density at radius 3 is 2.30 bits per heavy atom. The summed E-state index contributed by atoms with van der Waals surface area (Å²) in [4.78, 5) is 0. The summed E-state index contributed by atoms with van der Waals surface area (Å²) in [7, 11) is 0. The summed E-state index contributed by atoms with van der Waals surface area (Å²) in [5.41, 5.74) is 8.04. The van der Waals surface area contributed by atoms with E-state index < -0.39 is 6.10 Å². The Kier molecular flexibility index (Phi) is 5.16. The Bertz CT molecular complexity index is 510. The first-order valence-corrected chi connectivity index (χ1v) is 6.91. The average molecular weight is 271 g/mol. The van der Waals surface area contributed by atoms with Crippen LogP contribution in [0.5, 0.6) is 5.75 Å². The van der Waals surface area contributed by atoms with E-state index in [0.717, 1.165) is 16.9 Å². The molecule has 0 aromatic heterocycles. The van der Waals surface area contributed by atoms with E-state index in [0.29, 0.717) is 13.0 Å². The van der Waals surface area contributed by atoms with Crippen LogP contribution in [-0.4, -0.2) is 17.8 Å². The molecule has 2 aromatic carbocycles. The smallest absolute Gasteiger partial charge is 0.119 e. The fraction of sp³-hybridized carbons (Fsp3) is 0.294. The molecule has 2 atom stereocenters. The van der Waals surface area contributed by atoms with Crippen molar-refractivity contribution in [3.63, 3.8) is 0 Å². The maximum Gasteiger partial charge on any atom is 0.119 e. The quantitative estimate of drug-likeness (QED) is 0.849. The molecule has 2 unspecified atom stereocenters. The summed E-state index contributed by atoms with van der Waals surface area (Å²) in [6, 6.07) is 17.1. The third-order valence-electron chi connectivity index (χ3n) is 3.25. The maximum absolute atomic E-state index is 10.3. The van der Waals surface area contributed by atoms with Crippen molar-refractivity contribution >= 4 is 0 Å². The van der Waals surface area contributed by atoms with Crippen LogP contribution < -0.4 is 10.5 Å². The van der Waals surface area contributed by atoms with Gasteiger partial charge in [0.2, 0.25) is 0 Å². The fourth-order valence-corrected chi connectivity index (χ4v) is 2.17. The van der Waals surface area contributed by atoms with Crippen LogP contribution in [0.3, 0.4) is 0 Å². The summed E-state index contributed by atoms with van der Waals surface area (Å²) < 4.78 is 5.38. The van der Waals surface area contributed by atoms with Crippen molar-refractivity contribution in [3.8, 4) is 5.75 Å². The topological polar surface area (TPSA) is 55.5 Å². The highest BCUT2D eigenvalue weighted by Crippen LogP contribution is 2.21. The highest BCUT2D eigenvalue weighted by atomic mass is 16.5. The van der Waals surface area contributed by atoms with Gasteiger partial charge in [0.15, 0.2) is 0 Å². The summed E-state index contributed by atoms with van der Waals surface area (Å²) in [5.74, 6) is 0.806. The van der Waals surface area contributed by atoms with Gasteiger partial charge in [-0.25, -0.2) is 0 Å². The van der Waals surface area contributed by atoms with Gasteiger partial charge in [-0.05, 0) is 36.6 Å². The van der Waals surface area contributed by atoms with Crippen LogP contribution in [0.1, 0.15) is 24.2 Å². The molecule has 0 bridgehead atoms. The monoisotopic (exact) mass is 271 g/mol. The molecule has 0 aliphatic heterocycles. The van der Waals surface area contributed by atoms with Crippen LogP contribution in [0.15, 0.2) is 54.6 Å². The van der Waals surface area contributed by atoms with Crippen LogP contribution in [0, 0.1) is 0 Å². The van der Waals surface area contributed by atoms with E-state index in [9.17, 15) is 5.11 Å². The SMILES string of the molecule is CCOc1ccc(C(O)C(N)Cc2ccccc2)cc1. The van der Waals surface area contributed by atoms with Crippen molar-refractivity contribution in [3.05, 3.63) is 65.7 Å². The molecular weight excluding hydrogens is 250 g/mol. The first-order valence-electron chi connectivity index (χ1n) is 6.91. The van der Waals surface area contributed by atoms with Gasteiger partial charge in [-0.2, -0.15) is 0 Å². The maximum atomic E-state index is 10.3. The Morgan fingerprint density at radius 1 is 1.05 bits per heavy atom. The molecule has 2 aromatic rings. The normalized spacial score (nSPS) is 13.8. The predicted molar refractivity (Wildman–Crippen MR) is 80.7 cm³/mol. The van der Waals surface area contributed by atoms with Gasteiger partial charge in [0, 0.05) is 6.04 Å². The molecule has 0 radical (unpaired) electrons. The zero-order valence-electron chi connectivity index (χ0n) is 11.7. The molecule has 3 N–H and O–H groups in total. The lowest BCUT2D eigenvalue weighted by atomic mass is 9.97. The number of nitrogens with two attached hydrogens (primary N) is 1. The number of ether oxygens (including phenoxy) is 1. The van der Waals surface area contributed by atoms with E-state index >= 15 is 0 Å². The summed E-state index contributed by atoms with van der Waals surface area (Å²) in [6.45, 7) is 2.58. The van der Waals surface area contributed by atoms with Crippen molar-refractivity contribution in [1.29, 1.82) is 0 Å². The zero-order valence-corrected chi connectivity index (χ0v) is 11.7. The van der Waals surface area contributed by atoms with E-state index in [1.165, 1.54) is 0 Å². The fourth-order valence-electron chi connectivity index (χ4n) is 2.17. The van der Waals surface area contributed by atoms with E-state index in [4.69, 9.17) is 10.5 Å². The Morgan fingerprint density at radius 2 is 1.70 bits per heavy atom. The molecular formula is C17H21NO2. The molecule has 0 aliphatic rings. The summed E-state index contributed by atoms with van der Waals surface area (Å²) in [5, 5.41) is 10.3. The van der Waals surface area contributed by atoms with Gasteiger partial charge in [0.25, 0.3) is 0 Å². The third-order valence-corrected chi connectivity index (χ3v) is 3.25. The van der Waals surface area contributed by atoms with Gasteiger partial charge >= 0.3 is 0 Å². The minimum absolute atomic E-state index is 0.324. The van der Waals surface area contributed by atoms with Crippen molar-refractivity contribution in [2.24, 2.45) is 5.73 Å². The van der Waals surface area contributed by atoms with E-state index in [1.807, 2.05) is 61.5 Å². The lowest BCUT2D eigenvalue weighted by Gasteiger charge is -2.19. The first-order chi connectivity index (χ1) is 9.70. The van der Waals surface area contributed by atoms with Gasteiger partial charge in [-0.1, -0.05) is 42.5 Å². The summed E-state index contributed by atoms with van der Waals surface area (Å²) >= 11 is 0. The lowest BCUT2D eigenvalue weighted by molar-refractivity contribution is 0.146. The predicted octanol–water partition coefficient (Wildman–Crippen LogP) is 2.69. The molecule has 0 fully saturated rings. The van der Waals surface area contributed by atoms with Gasteiger partial charge in [0.05, 0.1) is 12.7 Å². The second-order valence-corrected chi connectivity index (χ2v) is 4.80. The number of rotatable bonds is 6. The van der Waals surface area contributed by atoms with Gasteiger partial charge in [-0.3, -0.25) is 0 Å². The third kappa shape index (κ3) is 3.83. The van der Waals surface area contributed by atoms with Crippen molar-refractivity contribution in [1.82, 2.24) is 0 Å². The first kappa shape index (κ1) is 14.6. The number of hydrogen-bond donors (Lipinski definition) is 2. The van der Waals surface area contributed by atoms with Crippen molar-refractivity contribution in [2.45, 2.75) is 25.5 Å². The van der Waals surface area contributed by atoms with Crippen LogP contribution >= 0.6 is 0 Å². The molecule has 3 nitrogen and oxygen atoms in total. The Hall–Kier alpha value is -1.84. The molecule has 0 spiro atoms. The van der Waals surface area contributed by atoms with E-state index in [1.54, 1.807) is 0 Å². The Balaban J connectivity index is 2.00. The molecule has 0 saturated carbocycles. The number of aliphatic hydroxyl groups is 1. The molecule has 0 saturated heterocycles. The zero-order chi connectivity index (χ0) is 14.4. The van der Waals surface area contributed by atoms with Crippen LogP contribution in [-0.2, 0) is 6.42 Å². The molecule has 0 heterocycles. The van der Waals surface area contributed by atoms with Gasteiger partial charge in [0.1, 0.15) is 5.75 Å². The molecule has 0 aliphatic carbocycles. The van der Waals surface area contributed by atoms with Crippen molar-refractivity contribution < 1.29 is 9.84 Å². The number of hydrogen-bond acceptors (Lipinski definition) is 3. The van der Waals surface area contributed by atoms with Gasteiger partial charge < -0.3 is 15.6 Å². The molecule has 3 heteroatoms. The molecule has 2 rings (SSSR count). The standard InChI is InChI=1S/C17H21NO2/c1-2-20-15-10-8-14(9-11-15)17(19)16(18)12-13-6-4-3-5-7-13/h3-11,16-17,19H,2,12,18H2,1H3. The number of benzene rings is 2. The highest BCUT2D eigenvalue weighted by Gasteiger charge is 2.17. The Labute approximate surface area is 120 Å². The molecule has 0 amide bonds. The molecule has 20 heavy (non-hydrogen) atoms. The minimum atomic E-state index is -0.675. The average Bonchev–Trinajstić information content (AvgIpc) is 2.48. The second kappa shape index (κ2) is 7.08. The van der Waals surface area contributed by atoms with Crippen molar-refractivity contribution in [2.75, 3.05) is 6.61 Å². The van der Waals surface area contributed by atoms with E-state index in [2.05, 4.69) is 0 Å².